The molecule has 4 aliphatic rings. The van der Waals surface area contributed by atoms with Crippen LogP contribution >= 0.6 is 0 Å². The van der Waals surface area contributed by atoms with Gasteiger partial charge in [0.25, 0.3) is 0 Å². The average molecular weight is 363 g/mol. The molecule has 154 valence electrons. The molecule has 0 nitrogen and oxygen atoms in total. The zero-order valence-corrected chi connectivity index (χ0v) is 19.5. The summed E-state index contributed by atoms with van der Waals surface area (Å²) in [6.07, 6.45) is 15.4. The maximum Gasteiger partial charge on any atom is -0.0266 e. The summed E-state index contributed by atoms with van der Waals surface area (Å²) in [7, 11) is 0. The van der Waals surface area contributed by atoms with E-state index in [1.54, 1.807) is 44.9 Å². The van der Waals surface area contributed by atoms with Crippen molar-refractivity contribution >= 4 is 0 Å². The second kappa shape index (κ2) is 9.00. The highest BCUT2D eigenvalue weighted by molar-refractivity contribution is 5.08. The molecule has 8 atom stereocenters. The first-order chi connectivity index (χ1) is 12.5. The summed E-state index contributed by atoms with van der Waals surface area (Å²) in [6.45, 7) is 18.4. The third-order valence-corrected chi connectivity index (χ3v) is 9.62. The van der Waals surface area contributed by atoms with E-state index in [4.69, 9.17) is 0 Å². The van der Waals surface area contributed by atoms with E-state index in [1.165, 1.54) is 19.3 Å². The first-order valence-corrected chi connectivity index (χ1v) is 12.5. The van der Waals surface area contributed by atoms with E-state index in [0.29, 0.717) is 10.8 Å². The van der Waals surface area contributed by atoms with Crippen molar-refractivity contribution in [2.24, 2.45) is 46.3 Å². The predicted octanol–water partition coefficient (Wildman–Crippen LogP) is 8.74. The molecule has 0 amide bonds. The lowest BCUT2D eigenvalue weighted by Gasteiger charge is -2.61. The van der Waals surface area contributed by atoms with E-state index in [2.05, 4.69) is 27.7 Å². The molecular formula is C26H50. The van der Waals surface area contributed by atoms with Gasteiger partial charge in [0.15, 0.2) is 0 Å². The molecule has 0 heteroatoms. The van der Waals surface area contributed by atoms with Crippen molar-refractivity contribution in [3.63, 3.8) is 0 Å². The number of hydrogen-bond acceptors (Lipinski definition) is 0. The molecule has 0 aliphatic heterocycles. The average Bonchev–Trinajstić information content (AvgIpc) is 3.02. The highest BCUT2D eigenvalue weighted by Crippen LogP contribution is 2.68. The third kappa shape index (κ3) is 3.53. The summed E-state index contributed by atoms with van der Waals surface area (Å²) < 4.78 is 0. The van der Waals surface area contributed by atoms with Crippen LogP contribution in [-0.2, 0) is 0 Å². The van der Waals surface area contributed by atoms with Gasteiger partial charge in [-0.05, 0) is 97.7 Å². The lowest BCUT2D eigenvalue weighted by molar-refractivity contribution is -0.117. The van der Waals surface area contributed by atoms with Crippen molar-refractivity contribution in [1.29, 1.82) is 0 Å². The Kier molecular flexibility index (Phi) is 7.72. The summed E-state index contributed by atoms with van der Waals surface area (Å²) in [6, 6.07) is 0. The van der Waals surface area contributed by atoms with Gasteiger partial charge in [0, 0.05) is 0 Å². The van der Waals surface area contributed by atoms with Gasteiger partial charge >= 0.3 is 0 Å². The monoisotopic (exact) mass is 362 g/mol. The van der Waals surface area contributed by atoms with Crippen LogP contribution in [0.3, 0.4) is 0 Å². The largest absolute Gasteiger partial charge is 0.0683 e. The first kappa shape index (κ1) is 22.3. The van der Waals surface area contributed by atoms with Crippen LogP contribution in [0.25, 0.3) is 0 Å². The Balaban J connectivity index is 0.000000570. The summed E-state index contributed by atoms with van der Waals surface area (Å²) in [4.78, 5) is 0. The van der Waals surface area contributed by atoms with E-state index < -0.39 is 0 Å². The Morgan fingerprint density at radius 2 is 1.35 bits per heavy atom. The van der Waals surface area contributed by atoms with Crippen LogP contribution in [0.4, 0.5) is 0 Å². The highest BCUT2D eigenvalue weighted by Gasteiger charge is 2.59. The quantitative estimate of drug-likeness (QED) is 0.437. The Morgan fingerprint density at radius 1 is 0.731 bits per heavy atom. The molecule has 0 bridgehead atoms. The van der Waals surface area contributed by atoms with Gasteiger partial charge in [-0.2, -0.15) is 0 Å². The summed E-state index contributed by atoms with van der Waals surface area (Å²) in [5.74, 6) is 6.34. The van der Waals surface area contributed by atoms with E-state index >= 15 is 0 Å². The van der Waals surface area contributed by atoms with Crippen LogP contribution in [0.2, 0.25) is 0 Å². The fraction of sp³-hybridized carbons (Fsp3) is 1.00. The van der Waals surface area contributed by atoms with Gasteiger partial charge in [-0.25, -0.2) is 0 Å². The lowest BCUT2D eigenvalue weighted by atomic mass is 9.44. The molecule has 26 heavy (non-hydrogen) atoms. The minimum absolute atomic E-state index is 0.709. The second-order valence-corrected chi connectivity index (χ2v) is 10.3. The van der Waals surface area contributed by atoms with E-state index in [0.717, 1.165) is 35.5 Å². The molecular weight excluding hydrogens is 312 g/mol. The summed E-state index contributed by atoms with van der Waals surface area (Å²) >= 11 is 0. The van der Waals surface area contributed by atoms with Crippen molar-refractivity contribution in [3.8, 4) is 0 Å². The third-order valence-electron chi connectivity index (χ3n) is 9.62. The molecule has 8 unspecified atom stereocenters. The highest BCUT2D eigenvalue weighted by atomic mass is 14.6. The Morgan fingerprint density at radius 3 is 2.00 bits per heavy atom. The molecule has 4 fully saturated rings. The fourth-order valence-corrected chi connectivity index (χ4v) is 8.25. The molecule has 0 spiro atoms. The molecule has 4 aliphatic carbocycles. The zero-order chi connectivity index (χ0) is 19.5. The SMILES string of the molecule is CC.CC.CCC1CCC2C3CCC4CC(C)CCC4(C)C3CCC12C. The molecule has 0 aromatic carbocycles. The van der Waals surface area contributed by atoms with Crippen LogP contribution in [-0.4, -0.2) is 0 Å². The van der Waals surface area contributed by atoms with E-state index in [1.807, 2.05) is 27.7 Å². The van der Waals surface area contributed by atoms with Gasteiger partial charge in [-0.1, -0.05) is 68.2 Å². The minimum Gasteiger partial charge on any atom is -0.0683 e. The maximum atomic E-state index is 2.72. The van der Waals surface area contributed by atoms with Gasteiger partial charge in [-0.15, -0.1) is 0 Å². The lowest BCUT2D eigenvalue weighted by Crippen LogP contribution is -2.53. The van der Waals surface area contributed by atoms with E-state index in [9.17, 15) is 0 Å². The molecule has 0 N–H and O–H groups in total. The van der Waals surface area contributed by atoms with Crippen molar-refractivity contribution in [3.05, 3.63) is 0 Å². The van der Waals surface area contributed by atoms with Gasteiger partial charge < -0.3 is 0 Å². The normalized spacial score (nSPS) is 49.4. The second-order valence-electron chi connectivity index (χ2n) is 10.3. The van der Waals surface area contributed by atoms with E-state index in [-0.39, 0.29) is 0 Å². The van der Waals surface area contributed by atoms with Crippen molar-refractivity contribution < 1.29 is 0 Å². The van der Waals surface area contributed by atoms with Crippen LogP contribution < -0.4 is 0 Å². The summed E-state index contributed by atoms with van der Waals surface area (Å²) in [5, 5.41) is 0. The molecule has 0 saturated heterocycles. The first-order valence-electron chi connectivity index (χ1n) is 12.5. The van der Waals surface area contributed by atoms with Crippen LogP contribution in [0.15, 0.2) is 0 Å². The topological polar surface area (TPSA) is 0 Å². The molecule has 4 saturated carbocycles. The number of rotatable bonds is 1. The van der Waals surface area contributed by atoms with Crippen molar-refractivity contribution in [2.75, 3.05) is 0 Å². The number of fused-ring (bicyclic) bond motifs is 5. The molecule has 0 radical (unpaired) electrons. The standard InChI is InChI=1S/C22H38.2C2H6/c1-5-16-7-9-19-18-8-6-17-14-15(2)10-12-22(17,4)20(18)11-13-21(16,19)3;2*1-2/h15-20H,5-14H2,1-4H3;2*1-2H3. The summed E-state index contributed by atoms with van der Waals surface area (Å²) in [5.41, 5.74) is 1.42. The van der Waals surface area contributed by atoms with Gasteiger partial charge in [0.2, 0.25) is 0 Å². The maximum absolute atomic E-state index is 2.72. The van der Waals surface area contributed by atoms with Crippen molar-refractivity contribution in [2.45, 2.75) is 120 Å². The Bertz CT molecular complexity index is 426. The number of hydrogen-bond donors (Lipinski definition) is 0. The van der Waals surface area contributed by atoms with Crippen LogP contribution in [0.5, 0.6) is 0 Å². The Labute approximate surface area is 166 Å². The van der Waals surface area contributed by atoms with Gasteiger partial charge in [0.1, 0.15) is 0 Å². The Hall–Kier alpha value is 0. The van der Waals surface area contributed by atoms with Gasteiger partial charge in [0.05, 0.1) is 0 Å². The minimum atomic E-state index is 0.709. The smallest absolute Gasteiger partial charge is 0.0266 e. The van der Waals surface area contributed by atoms with Gasteiger partial charge in [-0.3, -0.25) is 0 Å². The predicted molar refractivity (Wildman–Crippen MR) is 117 cm³/mol. The molecule has 0 aromatic rings. The molecule has 0 heterocycles. The fourth-order valence-electron chi connectivity index (χ4n) is 8.25. The van der Waals surface area contributed by atoms with Crippen LogP contribution in [0, 0.1) is 46.3 Å². The zero-order valence-electron chi connectivity index (χ0n) is 19.5. The van der Waals surface area contributed by atoms with Crippen LogP contribution in [0.1, 0.15) is 120 Å². The van der Waals surface area contributed by atoms with Crippen molar-refractivity contribution in [1.82, 2.24) is 0 Å². The molecule has 4 rings (SSSR count). The molecule has 0 aromatic heterocycles.